The van der Waals surface area contributed by atoms with E-state index in [-0.39, 0.29) is 5.56 Å². The molecular formula is C9H8F3N3O5. The van der Waals surface area contributed by atoms with E-state index in [1.165, 1.54) is 24.3 Å². The van der Waals surface area contributed by atoms with Crippen LogP contribution in [0.5, 0.6) is 0 Å². The van der Waals surface area contributed by atoms with Crippen molar-refractivity contribution in [3.8, 4) is 0 Å². The third-order valence-electron chi connectivity index (χ3n) is 1.71. The highest BCUT2D eigenvalue weighted by Gasteiger charge is 2.38. The zero-order chi connectivity index (χ0) is 15.9. The number of aromatic carboxylic acids is 1. The van der Waals surface area contributed by atoms with Crippen LogP contribution >= 0.6 is 0 Å². The monoisotopic (exact) mass is 295 g/mol. The summed E-state index contributed by atoms with van der Waals surface area (Å²) in [7, 11) is 0. The molecule has 4 N–H and O–H groups in total. The van der Waals surface area contributed by atoms with Crippen molar-refractivity contribution in [1.82, 2.24) is 0 Å². The summed E-state index contributed by atoms with van der Waals surface area (Å²) in [5.41, 5.74) is 0.461. The second-order valence-electron chi connectivity index (χ2n) is 3.08. The van der Waals surface area contributed by atoms with E-state index in [0.29, 0.717) is 10.8 Å². The Labute approximate surface area is 109 Å². The van der Waals surface area contributed by atoms with Crippen LogP contribution in [-0.4, -0.2) is 28.3 Å². The summed E-state index contributed by atoms with van der Waals surface area (Å²) in [6.45, 7) is 0. The van der Waals surface area contributed by atoms with Gasteiger partial charge in [0.15, 0.2) is 0 Å². The minimum atomic E-state index is -5.08. The van der Waals surface area contributed by atoms with E-state index in [9.17, 15) is 22.9 Å². The Kier molecular flexibility index (Phi) is 6.09. The predicted octanol–water partition coefficient (Wildman–Crippen LogP) is 1.38. The Morgan fingerprint density at radius 2 is 1.55 bits per heavy atom. The van der Waals surface area contributed by atoms with Crippen LogP contribution in [0.15, 0.2) is 29.6 Å². The van der Waals surface area contributed by atoms with E-state index in [0.717, 1.165) is 0 Å². The number of hydrogen-bond acceptors (Lipinski definition) is 5. The molecule has 0 unspecified atom stereocenters. The number of benzene rings is 1. The van der Waals surface area contributed by atoms with Crippen LogP contribution in [0.4, 0.5) is 18.9 Å². The predicted molar refractivity (Wildman–Crippen MR) is 59.6 cm³/mol. The zero-order valence-corrected chi connectivity index (χ0v) is 9.53. The Balaban J connectivity index is 0.000000441. The maximum atomic E-state index is 10.6. The summed E-state index contributed by atoms with van der Waals surface area (Å²) in [6, 6.07) is 5.46. The molecule has 0 radical (unpaired) electrons. The maximum Gasteiger partial charge on any atom is 0.490 e. The van der Waals surface area contributed by atoms with E-state index in [2.05, 4.69) is 5.29 Å². The van der Waals surface area contributed by atoms with E-state index >= 15 is 0 Å². The molecule has 0 heterocycles. The number of anilines is 1. The van der Waals surface area contributed by atoms with Crippen molar-refractivity contribution in [2.45, 2.75) is 6.18 Å². The number of carboxylic acid groups (broad SMARTS) is 2. The fourth-order valence-electron chi connectivity index (χ4n) is 0.804. The van der Waals surface area contributed by atoms with E-state index in [4.69, 9.17) is 20.9 Å². The molecule has 0 aliphatic rings. The van der Waals surface area contributed by atoms with Crippen molar-refractivity contribution in [2.24, 2.45) is 11.1 Å². The molecule has 0 fully saturated rings. The number of nitroso groups, excluding NO2 is 1. The first-order valence-corrected chi connectivity index (χ1v) is 4.61. The van der Waals surface area contributed by atoms with Gasteiger partial charge in [-0.2, -0.15) is 18.3 Å². The first kappa shape index (κ1) is 17.3. The number of rotatable bonds is 3. The summed E-state index contributed by atoms with van der Waals surface area (Å²) in [5.74, 6) is 1.34. The SMILES string of the molecule is NN(N=O)c1ccc(C(=O)O)cc1.O=C(O)C(F)(F)F. The van der Waals surface area contributed by atoms with E-state index < -0.39 is 18.1 Å². The Morgan fingerprint density at radius 3 is 1.80 bits per heavy atom. The number of aliphatic carboxylic acids is 1. The molecule has 0 bridgehead atoms. The molecule has 1 aromatic rings. The van der Waals surface area contributed by atoms with Crippen molar-refractivity contribution in [3.05, 3.63) is 34.7 Å². The van der Waals surface area contributed by atoms with Gasteiger partial charge in [0.05, 0.1) is 16.5 Å². The highest BCUT2D eigenvalue weighted by atomic mass is 19.4. The van der Waals surface area contributed by atoms with Gasteiger partial charge in [-0.05, 0) is 24.3 Å². The molecule has 0 amide bonds. The van der Waals surface area contributed by atoms with Crippen LogP contribution in [0.1, 0.15) is 10.4 Å². The van der Waals surface area contributed by atoms with Gasteiger partial charge in [-0.1, -0.05) is 0 Å². The summed E-state index contributed by atoms with van der Waals surface area (Å²) < 4.78 is 31.7. The number of carboxylic acids is 2. The first-order valence-electron chi connectivity index (χ1n) is 4.61. The lowest BCUT2D eigenvalue weighted by atomic mass is 10.2. The van der Waals surface area contributed by atoms with Gasteiger partial charge in [-0.25, -0.2) is 15.4 Å². The molecule has 11 heteroatoms. The fraction of sp³-hybridized carbons (Fsp3) is 0.111. The lowest BCUT2D eigenvalue weighted by Crippen LogP contribution is -2.23. The quantitative estimate of drug-likeness (QED) is 0.435. The summed E-state index contributed by atoms with van der Waals surface area (Å²) >= 11 is 0. The van der Waals surface area contributed by atoms with Crippen molar-refractivity contribution < 1.29 is 33.0 Å². The topological polar surface area (TPSA) is 133 Å². The molecule has 1 rings (SSSR count). The van der Waals surface area contributed by atoms with Crippen molar-refractivity contribution in [3.63, 3.8) is 0 Å². The molecule has 0 aliphatic heterocycles. The van der Waals surface area contributed by atoms with Crippen LogP contribution in [0.25, 0.3) is 0 Å². The lowest BCUT2D eigenvalue weighted by molar-refractivity contribution is -0.192. The highest BCUT2D eigenvalue weighted by Crippen LogP contribution is 2.13. The van der Waals surface area contributed by atoms with Crippen LogP contribution in [0.2, 0.25) is 0 Å². The number of halogens is 3. The van der Waals surface area contributed by atoms with Gasteiger partial charge in [0.25, 0.3) is 0 Å². The summed E-state index contributed by atoms with van der Waals surface area (Å²) in [6.07, 6.45) is -5.08. The van der Waals surface area contributed by atoms with Crippen LogP contribution < -0.4 is 11.0 Å². The Bertz CT molecular complexity index is 489. The largest absolute Gasteiger partial charge is 0.490 e. The molecule has 8 nitrogen and oxygen atoms in total. The van der Waals surface area contributed by atoms with Crippen LogP contribution in [0, 0.1) is 4.91 Å². The average molecular weight is 295 g/mol. The smallest absolute Gasteiger partial charge is 0.478 e. The normalized spacial score (nSPS) is 10.0. The first-order chi connectivity index (χ1) is 9.09. The third-order valence-corrected chi connectivity index (χ3v) is 1.71. The van der Waals surface area contributed by atoms with Crippen molar-refractivity contribution >= 4 is 17.6 Å². The molecule has 1 aromatic carbocycles. The van der Waals surface area contributed by atoms with Crippen molar-refractivity contribution in [1.29, 1.82) is 0 Å². The van der Waals surface area contributed by atoms with Gasteiger partial charge < -0.3 is 10.2 Å². The number of alkyl halides is 3. The fourth-order valence-corrected chi connectivity index (χ4v) is 0.804. The lowest BCUT2D eigenvalue weighted by Gasteiger charge is -2.06. The number of nitrogens with zero attached hydrogens (tertiary/aromatic N) is 2. The molecule has 110 valence electrons. The molecule has 0 aliphatic carbocycles. The minimum Gasteiger partial charge on any atom is -0.478 e. The molecule has 0 atom stereocenters. The highest BCUT2D eigenvalue weighted by molar-refractivity contribution is 5.88. The minimum absolute atomic E-state index is 0.128. The second-order valence-corrected chi connectivity index (χ2v) is 3.08. The number of hydrogen-bond donors (Lipinski definition) is 3. The molecule has 0 aromatic heterocycles. The molecule has 20 heavy (non-hydrogen) atoms. The standard InChI is InChI=1S/C7H7N3O3.C2HF3O2/c8-10(9-13)6-3-1-5(2-4-6)7(11)12;3-2(4,5)1(6)7/h1-4H,8H2,(H,11,12);(H,6,7). The maximum absolute atomic E-state index is 10.6. The van der Waals surface area contributed by atoms with Gasteiger partial charge in [0.1, 0.15) is 0 Å². The third kappa shape index (κ3) is 5.77. The van der Waals surface area contributed by atoms with Gasteiger partial charge in [0.2, 0.25) is 0 Å². The summed E-state index contributed by atoms with van der Waals surface area (Å²) in [4.78, 5) is 29.3. The number of hydrazine groups is 1. The Morgan fingerprint density at radius 1 is 1.15 bits per heavy atom. The van der Waals surface area contributed by atoms with Crippen molar-refractivity contribution in [2.75, 3.05) is 5.12 Å². The Hall–Kier alpha value is -2.69. The average Bonchev–Trinajstić information content (AvgIpc) is 2.37. The van der Waals surface area contributed by atoms with Gasteiger partial charge in [0, 0.05) is 0 Å². The molecule has 0 saturated heterocycles. The molecular weight excluding hydrogens is 287 g/mol. The van der Waals surface area contributed by atoms with Gasteiger partial charge in [-0.3, -0.25) is 0 Å². The zero-order valence-electron chi connectivity index (χ0n) is 9.53. The second kappa shape index (κ2) is 7.04. The number of carbonyl (C=O) groups is 2. The van der Waals surface area contributed by atoms with E-state index in [1.54, 1.807) is 0 Å². The summed E-state index contributed by atoms with van der Waals surface area (Å²) in [5, 5.41) is 18.7. The van der Waals surface area contributed by atoms with Gasteiger partial charge >= 0.3 is 18.1 Å². The van der Waals surface area contributed by atoms with Gasteiger partial charge in [-0.15, -0.1) is 4.91 Å². The van der Waals surface area contributed by atoms with Crippen LogP contribution in [-0.2, 0) is 4.79 Å². The number of nitrogens with two attached hydrogens (primary N) is 1. The van der Waals surface area contributed by atoms with E-state index in [1.807, 2.05) is 0 Å². The molecule has 0 saturated carbocycles. The molecule has 0 spiro atoms. The van der Waals surface area contributed by atoms with Crippen LogP contribution in [0.3, 0.4) is 0 Å².